The molecule has 0 aliphatic rings. The molecule has 0 N–H and O–H groups in total. The highest BCUT2D eigenvalue weighted by Crippen LogP contribution is 2.28. The monoisotopic (exact) mass is 340 g/mol. The van der Waals surface area contributed by atoms with E-state index >= 15 is 0 Å². The van der Waals surface area contributed by atoms with Crippen LogP contribution in [0.5, 0.6) is 0 Å². The Balaban J connectivity index is 1.95. The number of nitrogens with zero attached hydrogens (tertiary/aromatic N) is 4. The van der Waals surface area contributed by atoms with Gasteiger partial charge in [-0.15, -0.1) is 0 Å². The van der Waals surface area contributed by atoms with Crippen molar-refractivity contribution >= 4 is 28.7 Å². The molecule has 0 atom stereocenters. The Morgan fingerprint density at radius 3 is 2.17 bits per heavy atom. The summed E-state index contributed by atoms with van der Waals surface area (Å²) in [4.78, 5) is 20.5. The van der Waals surface area contributed by atoms with E-state index < -0.39 is 4.92 Å². The lowest BCUT2D eigenvalue weighted by atomic mass is 10.2. The fourth-order valence-electron chi connectivity index (χ4n) is 2.29. The smallest absolute Gasteiger partial charge is 0.269 e. The minimum atomic E-state index is -0.418. The van der Waals surface area contributed by atoms with E-state index in [4.69, 9.17) is 11.6 Å². The van der Waals surface area contributed by atoms with Crippen LogP contribution in [0.4, 0.5) is 17.1 Å². The van der Waals surface area contributed by atoms with Gasteiger partial charge in [0.05, 0.1) is 23.0 Å². The fraction of sp³-hybridized carbons (Fsp3) is 0.0588. The van der Waals surface area contributed by atoms with Gasteiger partial charge in [0.1, 0.15) is 6.33 Å². The summed E-state index contributed by atoms with van der Waals surface area (Å²) in [5.74, 6) is 0. The Morgan fingerprint density at radius 1 is 0.958 bits per heavy atom. The quantitative estimate of drug-likeness (QED) is 0.509. The highest BCUT2D eigenvalue weighted by Gasteiger charge is 2.13. The molecule has 0 saturated carbocycles. The van der Waals surface area contributed by atoms with Crippen molar-refractivity contribution in [3.8, 4) is 0 Å². The number of nitro benzene ring substituents is 1. The average Bonchev–Trinajstić information content (AvgIpc) is 2.62. The predicted octanol–water partition coefficient (Wildman–Crippen LogP) is 4.38. The summed E-state index contributed by atoms with van der Waals surface area (Å²) in [5.41, 5.74) is 2.70. The van der Waals surface area contributed by atoms with E-state index in [1.165, 1.54) is 18.5 Å². The second-order valence-electron chi connectivity index (χ2n) is 5.08. The summed E-state index contributed by atoms with van der Waals surface area (Å²) in [5, 5.41) is 11.5. The summed E-state index contributed by atoms with van der Waals surface area (Å²) < 4.78 is 0. The minimum Gasteiger partial charge on any atom is -0.334 e. The molecule has 0 saturated heterocycles. The summed E-state index contributed by atoms with van der Waals surface area (Å²) in [6.07, 6.45) is 4.86. The predicted molar refractivity (Wildman–Crippen MR) is 92.4 cm³/mol. The third-order valence-corrected chi connectivity index (χ3v) is 3.74. The second kappa shape index (κ2) is 7.06. The van der Waals surface area contributed by atoms with Gasteiger partial charge in [-0.3, -0.25) is 10.1 Å². The largest absolute Gasteiger partial charge is 0.334 e. The molecule has 0 fully saturated rings. The molecule has 0 amide bonds. The van der Waals surface area contributed by atoms with Gasteiger partial charge in [0.25, 0.3) is 5.69 Å². The first kappa shape index (κ1) is 15.9. The molecule has 0 bridgehead atoms. The number of aromatic nitrogens is 2. The summed E-state index contributed by atoms with van der Waals surface area (Å²) in [6, 6.07) is 13.9. The molecular weight excluding hydrogens is 328 g/mol. The molecule has 24 heavy (non-hydrogen) atoms. The first-order valence-electron chi connectivity index (χ1n) is 7.15. The Bertz CT molecular complexity index is 823. The summed E-state index contributed by atoms with van der Waals surface area (Å²) in [6.45, 7) is 0.558. The zero-order chi connectivity index (χ0) is 16.9. The first-order chi connectivity index (χ1) is 11.6. The summed E-state index contributed by atoms with van der Waals surface area (Å²) in [7, 11) is 0. The van der Waals surface area contributed by atoms with Crippen molar-refractivity contribution < 1.29 is 4.92 Å². The van der Waals surface area contributed by atoms with Crippen LogP contribution in [0.2, 0.25) is 5.02 Å². The van der Waals surface area contributed by atoms with Gasteiger partial charge < -0.3 is 4.90 Å². The van der Waals surface area contributed by atoms with E-state index in [9.17, 15) is 10.1 Å². The van der Waals surface area contributed by atoms with Crippen LogP contribution in [0.1, 0.15) is 5.56 Å². The van der Waals surface area contributed by atoms with E-state index in [-0.39, 0.29) is 5.69 Å². The molecular formula is C17H13ClN4O2. The van der Waals surface area contributed by atoms with Crippen molar-refractivity contribution in [2.45, 2.75) is 6.54 Å². The van der Waals surface area contributed by atoms with Gasteiger partial charge in [-0.1, -0.05) is 23.7 Å². The molecule has 120 valence electrons. The normalized spacial score (nSPS) is 10.4. The number of halogens is 1. The van der Waals surface area contributed by atoms with Crippen LogP contribution in [0, 0.1) is 10.1 Å². The van der Waals surface area contributed by atoms with Crippen LogP contribution < -0.4 is 4.90 Å². The van der Waals surface area contributed by atoms with Crippen molar-refractivity contribution in [2.75, 3.05) is 4.90 Å². The number of benzene rings is 2. The Labute approximate surface area is 143 Å². The van der Waals surface area contributed by atoms with Crippen LogP contribution in [-0.2, 0) is 6.54 Å². The molecule has 3 rings (SSSR count). The van der Waals surface area contributed by atoms with Crippen LogP contribution in [0.15, 0.2) is 67.3 Å². The molecule has 0 spiro atoms. The Kier molecular flexibility index (Phi) is 4.67. The molecule has 7 heteroatoms. The van der Waals surface area contributed by atoms with Gasteiger partial charge >= 0.3 is 0 Å². The molecule has 1 heterocycles. The average molecular weight is 341 g/mol. The number of hydrogen-bond donors (Lipinski definition) is 0. The highest BCUT2D eigenvalue weighted by atomic mass is 35.5. The van der Waals surface area contributed by atoms with Gasteiger partial charge in [0.2, 0.25) is 0 Å². The maximum atomic E-state index is 10.8. The lowest BCUT2D eigenvalue weighted by Gasteiger charge is -2.24. The summed E-state index contributed by atoms with van der Waals surface area (Å²) >= 11 is 5.93. The minimum absolute atomic E-state index is 0.0505. The zero-order valence-corrected chi connectivity index (χ0v) is 13.3. The zero-order valence-electron chi connectivity index (χ0n) is 12.5. The van der Waals surface area contributed by atoms with Crippen molar-refractivity contribution in [3.63, 3.8) is 0 Å². The molecule has 0 radical (unpaired) electrons. The van der Waals surface area contributed by atoms with Gasteiger partial charge in [0.15, 0.2) is 0 Å². The van der Waals surface area contributed by atoms with Crippen LogP contribution in [0.3, 0.4) is 0 Å². The first-order valence-corrected chi connectivity index (χ1v) is 7.53. The number of non-ortho nitro benzene ring substituents is 1. The van der Waals surface area contributed by atoms with Crippen LogP contribution in [0.25, 0.3) is 0 Å². The fourth-order valence-corrected chi connectivity index (χ4v) is 2.41. The van der Waals surface area contributed by atoms with Crippen LogP contribution in [-0.4, -0.2) is 14.9 Å². The Hall–Kier alpha value is -2.99. The van der Waals surface area contributed by atoms with E-state index in [1.807, 2.05) is 29.2 Å². The van der Waals surface area contributed by atoms with Gasteiger partial charge in [-0.25, -0.2) is 9.97 Å². The van der Waals surface area contributed by atoms with Crippen molar-refractivity contribution in [1.82, 2.24) is 9.97 Å². The maximum Gasteiger partial charge on any atom is 0.269 e. The molecule has 2 aromatic carbocycles. The lowest BCUT2D eigenvalue weighted by Crippen LogP contribution is -2.16. The third-order valence-electron chi connectivity index (χ3n) is 3.48. The van der Waals surface area contributed by atoms with E-state index in [0.29, 0.717) is 11.6 Å². The Morgan fingerprint density at radius 2 is 1.58 bits per heavy atom. The van der Waals surface area contributed by atoms with Crippen LogP contribution >= 0.6 is 11.6 Å². The van der Waals surface area contributed by atoms with Gasteiger partial charge in [-0.05, 0) is 29.8 Å². The van der Waals surface area contributed by atoms with Crippen molar-refractivity contribution in [3.05, 3.63) is 88.0 Å². The molecule has 6 nitrogen and oxygen atoms in total. The standard InChI is InChI=1S/C17H13ClN4O2/c18-14-3-1-13(2-4-14)11-21(17-9-19-12-20-10-17)15-5-7-16(8-6-15)22(23)24/h1-10,12H,11H2. The maximum absolute atomic E-state index is 10.8. The van der Waals surface area contributed by atoms with Crippen molar-refractivity contribution in [2.24, 2.45) is 0 Å². The SMILES string of the molecule is O=[N+]([O-])c1ccc(N(Cc2ccc(Cl)cc2)c2cncnc2)cc1. The number of nitro groups is 1. The van der Waals surface area contributed by atoms with E-state index in [2.05, 4.69) is 9.97 Å². The second-order valence-corrected chi connectivity index (χ2v) is 5.52. The van der Waals surface area contributed by atoms with Gasteiger partial charge in [0, 0.05) is 29.4 Å². The number of rotatable bonds is 5. The third kappa shape index (κ3) is 3.67. The molecule has 0 aliphatic carbocycles. The number of hydrogen-bond acceptors (Lipinski definition) is 5. The molecule has 0 unspecified atom stereocenters. The topological polar surface area (TPSA) is 72.2 Å². The lowest BCUT2D eigenvalue weighted by molar-refractivity contribution is -0.384. The van der Waals surface area contributed by atoms with E-state index in [1.54, 1.807) is 24.5 Å². The molecule has 0 aliphatic heterocycles. The molecule has 3 aromatic rings. The number of anilines is 2. The highest BCUT2D eigenvalue weighted by molar-refractivity contribution is 6.30. The van der Waals surface area contributed by atoms with E-state index in [0.717, 1.165) is 16.9 Å². The molecule has 1 aromatic heterocycles. The van der Waals surface area contributed by atoms with Gasteiger partial charge in [-0.2, -0.15) is 0 Å². The van der Waals surface area contributed by atoms with Crippen molar-refractivity contribution in [1.29, 1.82) is 0 Å².